The van der Waals surface area contributed by atoms with Crippen molar-refractivity contribution in [3.05, 3.63) is 101 Å². The maximum absolute atomic E-state index is 13.1. The van der Waals surface area contributed by atoms with Gasteiger partial charge < -0.3 is 5.32 Å². The van der Waals surface area contributed by atoms with Crippen LogP contribution in [0.1, 0.15) is 27.0 Å². The molecule has 0 radical (unpaired) electrons. The Morgan fingerprint density at radius 2 is 1.61 bits per heavy atom. The maximum Gasteiger partial charge on any atom is 0.252 e. The number of rotatable bonds is 10. The van der Waals surface area contributed by atoms with Crippen LogP contribution in [0.4, 0.5) is 0 Å². The molecule has 3 aromatic rings. The number of sulfonamides is 1. The third-order valence-electron chi connectivity index (χ3n) is 4.85. The van der Waals surface area contributed by atoms with Gasteiger partial charge in [-0.2, -0.15) is 0 Å². The summed E-state index contributed by atoms with van der Waals surface area (Å²) in [6.45, 7) is -0.403. The fourth-order valence-electron chi connectivity index (χ4n) is 3.17. The van der Waals surface area contributed by atoms with Crippen LogP contribution < -0.4 is 10.0 Å². The zero-order valence-electron chi connectivity index (χ0n) is 18.1. The average molecular weight is 464 g/mol. The molecule has 0 bridgehead atoms. The van der Waals surface area contributed by atoms with Gasteiger partial charge in [-0.1, -0.05) is 60.7 Å². The molecule has 0 spiro atoms. The number of carbonyl (C=O) groups excluding carboxylic acids is 2. The van der Waals surface area contributed by atoms with Gasteiger partial charge in [0.25, 0.3) is 5.91 Å². The van der Waals surface area contributed by atoms with Crippen molar-refractivity contribution in [1.82, 2.24) is 15.0 Å². The topological polar surface area (TPSA) is 105 Å². The van der Waals surface area contributed by atoms with Crippen LogP contribution in [-0.4, -0.2) is 43.9 Å². The first kappa shape index (κ1) is 24.0. The van der Waals surface area contributed by atoms with Crippen molar-refractivity contribution in [2.45, 2.75) is 12.5 Å². The van der Waals surface area contributed by atoms with Crippen LogP contribution in [0.15, 0.2) is 79.1 Å². The summed E-state index contributed by atoms with van der Waals surface area (Å²) in [4.78, 5) is 29.9. The number of amides is 1. The Morgan fingerprint density at radius 3 is 2.30 bits per heavy atom. The van der Waals surface area contributed by atoms with E-state index in [1.165, 1.54) is 0 Å². The lowest BCUT2D eigenvalue weighted by Gasteiger charge is -2.19. The van der Waals surface area contributed by atoms with Crippen LogP contribution in [0.25, 0.3) is 12.2 Å². The molecular weight excluding hydrogens is 438 g/mol. The van der Waals surface area contributed by atoms with E-state index in [9.17, 15) is 18.0 Å². The van der Waals surface area contributed by atoms with E-state index in [1.807, 2.05) is 66.7 Å². The van der Waals surface area contributed by atoms with E-state index in [0.29, 0.717) is 11.1 Å². The molecule has 0 aliphatic carbocycles. The quantitative estimate of drug-likeness (QED) is 0.481. The van der Waals surface area contributed by atoms with Crippen molar-refractivity contribution in [3.63, 3.8) is 0 Å². The summed E-state index contributed by atoms with van der Waals surface area (Å²) in [5.41, 5.74) is 2.88. The molecule has 0 aliphatic rings. The molecule has 2 N–H and O–H groups in total. The van der Waals surface area contributed by atoms with Gasteiger partial charge in [-0.15, -0.1) is 0 Å². The van der Waals surface area contributed by atoms with Gasteiger partial charge in [0.15, 0.2) is 5.78 Å². The van der Waals surface area contributed by atoms with Crippen LogP contribution in [0.3, 0.4) is 0 Å². The standard InChI is InChI=1S/C25H25N3O4S/c1-33(31,32)27-18-24(29)23(17-20-7-3-2-4-8-20)28-25(30)22-10-6-5-9-21(22)12-11-19-13-15-26-16-14-19/h2-16,23,27H,17-18H2,1H3,(H,28,30)/b12-11+. The van der Waals surface area contributed by atoms with Crippen molar-refractivity contribution in [1.29, 1.82) is 0 Å². The van der Waals surface area contributed by atoms with E-state index in [-0.39, 0.29) is 6.42 Å². The highest BCUT2D eigenvalue weighted by Crippen LogP contribution is 2.14. The molecule has 1 aromatic heterocycles. The number of Topliss-reactive ketones (excluding diaryl/α,β-unsaturated/α-hetero) is 1. The molecule has 0 fully saturated rings. The molecular formula is C25H25N3O4S. The Bertz CT molecular complexity index is 1230. The second-order valence-electron chi connectivity index (χ2n) is 7.48. The van der Waals surface area contributed by atoms with Gasteiger partial charge in [0.1, 0.15) is 0 Å². The minimum Gasteiger partial charge on any atom is -0.342 e. The molecule has 2 aromatic carbocycles. The summed E-state index contributed by atoms with van der Waals surface area (Å²) in [5, 5.41) is 2.79. The number of carbonyl (C=O) groups is 2. The number of hydrogen-bond acceptors (Lipinski definition) is 5. The van der Waals surface area contributed by atoms with E-state index in [4.69, 9.17) is 0 Å². The zero-order valence-corrected chi connectivity index (χ0v) is 19.0. The third-order valence-corrected chi connectivity index (χ3v) is 5.52. The highest BCUT2D eigenvalue weighted by molar-refractivity contribution is 7.88. The van der Waals surface area contributed by atoms with Gasteiger partial charge in [-0.3, -0.25) is 14.6 Å². The molecule has 33 heavy (non-hydrogen) atoms. The summed E-state index contributed by atoms with van der Waals surface area (Å²) in [7, 11) is -3.54. The number of nitrogens with one attached hydrogen (secondary N) is 2. The second kappa shape index (κ2) is 11.3. The number of pyridine rings is 1. The molecule has 1 unspecified atom stereocenters. The van der Waals surface area contributed by atoms with Crippen molar-refractivity contribution in [2.75, 3.05) is 12.8 Å². The lowest BCUT2D eigenvalue weighted by molar-refractivity contribution is -0.119. The van der Waals surface area contributed by atoms with Crippen molar-refractivity contribution in [3.8, 4) is 0 Å². The van der Waals surface area contributed by atoms with Crippen LogP contribution in [0.2, 0.25) is 0 Å². The molecule has 1 heterocycles. The van der Waals surface area contributed by atoms with Gasteiger partial charge >= 0.3 is 0 Å². The Labute approximate surface area is 193 Å². The van der Waals surface area contributed by atoms with Gasteiger partial charge in [0, 0.05) is 18.0 Å². The summed E-state index contributed by atoms with van der Waals surface area (Å²) < 4.78 is 25.1. The highest BCUT2D eigenvalue weighted by Gasteiger charge is 2.23. The van der Waals surface area contributed by atoms with E-state index in [2.05, 4.69) is 15.0 Å². The van der Waals surface area contributed by atoms with Crippen LogP contribution >= 0.6 is 0 Å². The summed E-state index contributed by atoms with van der Waals surface area (Å²) >= 11 is 0. The largest absolute Gasteiger partial charge is 0.342 e. The molecule has 0 aliphatic heterocycles. The van der Waals surface area contributed by atoms with Crippen molar-refractivity contribution >= 4 is 33.9 Å². The summed E-state index contributed by atoms with van der Waals surface area (Å²) in [5.74, 6) is -0.846. The first-order valence-corrected chi connectivity index (χ1v) is 12.2. The molecule has 8 heteroatoms. The number of ketones is 1. The predicted octanol–water partition coefficient (Wildman–Crippen LogP) is 2.71. The van der Waals surface area contributed by atoms with E-state index in [0.717, 1.165) is 17.4 Å². The fourth-order valence-corrected chi connectivity index (χ4v) is 3.57. The lowest BCUT2D eigenvalue weighted by atomic mass is 10.0. The average Bonchev–Trinajstić information content (AvgIpc) is 2.82. The molecule has 7 nitrogen and oxygen atoms in total. The summed E-state index contributed by atoms with van der Waals surface area (Å²) in [6.07, 6.45) is 8.29. The maximum atomic E-state index is 13.1. The first-order valence-electron chi connectivity index (χ1n) is 10.3. The zero-order chi connectivity index (χ0) is 23.7. The number of hydrogen-bond donors (Lipinski definition) is 2. The van der Waals surface area contributed by atoms with Gasteiger partial charge in [0.05, 0.1) is 18.8 Å². The normalized spacial score (nSPS) is 12.4. The predicted molar refractivity (Wildman–Crippen MR) is 129 cm³/mol. The summed E-state index contributed by atoms with van der Waals surface area (Å²) in [6, 6.07) is 19.1. The van der Waals surface area contributed by atoms with E-state index >= 15 is 0 Å². The Hall–Kier alpha value is -3.62. The van der Waals surface area contributed by atoms with Crippen LogP contribution in [-0.2, 0) is 21.2 Å². The number of aromatic nitrogens is 1. The Morgan fingerprint density at radius 1 is 0.939 bits per heavy atom. The molecule has 3 rings (SSSR count). The van der Waals surface area contributed by atoms with Gasteiger partial charge in [0.2, 0.25) is 10.0 Å². The number of benzene rings is 2. The SMILES string of the molecule is CS(=O)(=O)NCC(=O)C(Cc1ccccc1)NC(=O)c1ccccc1/C=C/c1ccncc1. The van der Waals surface area contributed by atoms with E-state index < -0.39 is 34.3 Å². The lowest BCUT2D eigenvalue weighted by Crippen LogP contribution is -2.46. The second-order valence-corrected chi connectivity index (χ2v) is 9.31. The van der Waals surface area contributed by atoms with Crippen molar-refractivity contribution in [2.24, 2.45) is 0 Å². The molecule has 170 valence electrons. The van der Waals surface area contributed by atoms with Crippen LogP contribution in [0.5, 0.6) is 0 Å². The first-order chi connectivity index (χ1) is 15.8. The Kier molecular flexibility index (Phi) is 8.23. The Balaban J connectivity index is 1.81. The highest BCUT2D eigenvalue weighted by atomic mass is 32.2. The van der Waals surface area contributed by atoms with Crippen molar-refractivity contribution < 1.29 is 18.0 Å². The molecule has 1 amide bonds. The fraction of sp³-hybridized carbons (Fsp3) is 0.160. The minimum atomic E-state index is -3.54. The van der Waals surface area contributed by atoms with Gasteiger partial charge in [-0.25, -0.2) is 13.1 Å². The smallest absolute Gasteiger partial charge is 0.252 e. The third kappa shape index (κ3) is 7.78. The molecule has 0 saturated carbocycles. The van der Waals surface area contributed by atoms with Crippen LogP contribution in [0, 0.1) is 0 Å². The minimum absolute atomic E-state index is 0.242. The molecule has 0 saturated heterocycles. The monoisotopic (exact) mass is 463 g/mol. The molecule has 1 atom stereocenters. The number of nitrogens with zero attached hydrogens (tertiary/aromatic N) is 1. The van der Waals surface area contributed by atoms with Gasteiger partial charge in [-0.05, 0) is 41.3 Å². The van der Waals surface area contributed by atoms with E-state index in [1.54, 1.807) is 24.5 Å².